The molecule has 0 unspecified atom stereocenters. The first-order valence-corrected chi connectivity index (χ1v) is 6.47. The molecule has 0 amide bonds. The lowest BCUT2D eigenvalue weighted by molar-refractivity contribution is 0.564. The number of allylic oxidation sites excluding steroid dienone is 1. The van der Waals surface area contributed by atoms with Crippen LogP contribution in [-0.4, -0.2) is 12.6 Å². The van der Waals surface area contributed by atoms with Crippen LogP contribution in [-0.2, 0) is 0 Å². The molecule has 90 valence electrons. The van der Waals surface area contributed by atoms with Crippen LogP contribution in [0.15, 0.2) is 11.6 Å². The van der Waals surface area contributed by atoms with Crippen molar-refractivity contribution in [3.63, 3.8) is 0 Å². The molecule has 0 rings (SSSR count). The van der Waals surface area contributed by atoms with Gasteiger partial charge in [-0.25, -0.2) is 0 Å². The van der Waals surface area contributed by atoms with Crippen molar-refractivity contribution >= 4 is 0 Å². The molecule has 1 N–H and O–H groups in total. The molecular weight excluding hydrogens is 182 g/mol. The maximum absolute atomic E-state index is 3.48. The maximum Gasteiger partial charge on any atom is 0.00105 e. The molecule has 0 fully saturated rings. The fourth-order valence-electron chi connectivity index (χ4n) is 1.68. The summed E-state index contributed by atoms with van der Waals surface area (Å²) in [5.74, 6) is 0.784. The lowest BCUT2D eigenvalue weighted by Gasteiger charge is -2.12. The summed E-state index contributed by atoms with van der Waals surface area (Å²) in [5, 5.41) is 3.48. The Labute approximate surface area is 96.3 Å². The smallest absolute Gasteiger partial charge is 0.00105 e. The van der Waals surface area contributed by atoms with Crippen LogP contribution in [0.5, 0.6) is 0 Å². The molecule has 0 aliphatic carbocycles. The van der Waals surface area contributed by atoms with Gasteiger partial charge in [0.05, 0.1) is 0 Å². The Morgan fingerprint density at radius 2 is 1.87 bits per heavy atom. The highest BCUT2D eigenvalue weighted by Gasteiger charge is 2.01. The van der Waals surface area contributed by atoms with E-state index in [0.29, 0.717) is 6.04 Å². The van der Waals surface area contributed by atoms with E-state index in [1.807, 2.05) is 0 Å². The van der Waals surface area contributed by atoms with Gasteiger partial charge in [0.25, 0.3) is 0 Å². The predicted octanol–water partition coefficient (Wildman–Crippen LogP) is 4.15. The van der Waals surface area contributed by atoms with Crippen LogP contribution < -0.4 is 5.32 Å². The van der Waals surface area contributed by atoms with Gasteiger partial charge in [-0.15, -0.1) is 0 Å². The molecular formula is C14H29N. The Morgan fingerprint density at radius 1 is 1.20 bits per heavy atom. The van der Waals surface area contributed by atoms with E-state index in [9.17, 15) is 0 Å². The van der Waals surface area contributed by atoms with Gasteiger partial charge in [0, 0.05) is 6.04 Å². The number of nitrogens with one attached hydrogen (secondary N) is 1. The van der Waals surface area contributed by atoms with Crippen molar-refractivity contribution in [2.45, 2.75) is 66.3 Å². The standard InChI is InChI=1S/C14H29N/c1-6-7-8-14(11-12(2)3)9-10-15-13(4)5/h8,12-13,15H,6-7,9-11H2,1-5H3/b14-8+. The quantitative estimate of drug-likeness (QED) is 0.595. The molecule has 0 aromatic rings. The van der Waals surface area contributed by atoms with Crippen LogP contribution in [0.3, 0.4) is 0 Å². The second-order valence-corrected chi connectivity index (χ2v) is 5.11. The Kier molecular flexibility index (Phi) is 8.79. The number of hydrogen-bond donors (Lipinski definition) is 1. The fraction of sp³-hybridized carbons (Fsp3) is 0.857. The van der Waals surface area contributed by atoms with E-state index in [2.05, 4.69) is 46.0 Å². The van der Waals surface area contributed by atoms with E-state index in [1.165, 1.54) is 25.7 Å². The third-order valence-electron chi connectivity index (χ3n) is 2.39. The molecule has 0 saturated carbocycles. The zero-order chi connectivity index (χ0) is 11.7. The number of hydrogen-bond acceptors (Lipinski definition) is 1. The first kappa shape index (κ1) is 14.7. The van der Waals surface area contributed by atoms with Crippen molar-refractivity contribution in [1.29, 1.82) is 0 Å². The van der Waals surface area contributed by atoms with Crippen molar-refractivity contribution in [2.24, 2.45) is 5.92 Å². The van der Waals surface area contributed by atoms with Crippen molar-refractivity contribution in [2.75, 3.05) is 6.54 Å². The molecule has 0 atom stereocenters. The van der Waals surface area contributed by atoms with E-state index in [1.54, 1.807) is 5.57 Å². The highest BCUT2D eigenvalue weighted by Crippen LogP contribution is 2.15. The highest BCUT2D eigenvalue weighted by molar-refractivity contribution is 5.03. The van der Waals surface area contributed by atoms with Gasteiger partial charge in [0.15, 0.2) is 0 Å². The average Bonchev–Trinajstić information content (AvgIpc) is 2.12. The second-order valence-electron chi connectivity index (χ2n) is 5.11. The Balaban J connectivity index is 3.90. The summed E-state index contributed by atoms with van der Waals surface area (Å²) < 4.78 is 0. The molecule has 0 aromatic carbocycles. The molecule has 0 bridgehead atoms. The van der Waals surface area contributed by atoms with Crippen LogP contribution >= 0.6 is 0 Å². The zero-order valence-electron chi connectivity index (χ0n) is 11.3. The molecule has 0 aromatic heterocycles. The van der Waals surface area contributed by atoms with Gasteiger partial charge in [-0.1, -0.05) is 52.7 Å². The first-order chi connectivity index (χ1) is 7.06. The van der Waals surface area contributed by atoms with Gasteiger partial charge in [-0.3, -0.25) is 0 Å². The molecule has 1 nitrogen and oxygen atoms in total. The van der Waals surface area contributed by atoms with E-state index in [-0.39, 0.29) is 0 Å². The minimum absolute atomic E-state index is 0.608. The van der Waals surface area contributed by atoms with Gasteiger partial charge in [-0.05, 0) is 31.7 Å². The third-order valence-corrected chi connectivity index (χ3v) is 2.39. The minimum Gasteiger partial charge on any atom is -0.314 e. The maximum atomic E-state index is 3.48. The first-order valence-electron chi connectivity index (χ1n) is 6.47. The van der Waals surface area contributed by atoms with Crippen molar-refractivity contribution in [1.82, 2.24) is 5.32 Å². The summed E-state index contributed by atoms with van der Waals surface area (Å²) >= 11 is 0. The molecule has 0 radical (unpaired) electrons. The molecule has 0 aliphatic heterocycles. The second kappa shape index (κ2) is 8.96. The Hall–Kier alpha value is -0.300. The average molecular weight is 211 g/mol. The van der Waals surface area contributed by atoms with Crippen LogP contribution in [0.25, 0.3) is 0 Å². The van der Waals surface area contributed by atoms with E-state index in [0.717, 1.165) is 12.5 Å². The number of unbranched alkanes of at least 4 members (excludes halogenated alkanes) is 1. The van der Waals surface area contributed by atoms with E-state index < -0.39 is 0 Å². The summed E-state index contributed by atoms with van der Waals surface area (Å²) in [5.41, 5.74) is 1.64. The van der Waals surface area contributed by atoms with Gasteiger partial charge in [-0.2, -0.15) is 0 Å². The van der Waals surface area contributed by atoms with Crippen LogP contribution in [0, 0.1) is 5.92 Å². The number of rotatable bonds is 8. The normalized spacial score (nSPS) is 12.9. The molecule has 0 heterocycles. The third kappa shape index (κ3) is 9.99. The molecule has 0 spiro atoms. The van der Waals surface area contributed by atoms with Crippen LogP contribution in [0.2, 0.25) is 0 Å². The summed E-state index contributed by atoms with van der Waals surface area (Å²) in [6.07, 6.45) is 7.43. The summed E-state index contributed by atoms with van der Waals surface area (Å²) in [6.45, 7) is 12.4. The molecule has 1 heteroatoms. The predicted molar refractivity (Wildman–Crippen MR) is 70.2 cm³/mol. The SMILES string of the molecule is CCC/C=C(\CCNC(C)C)CC(C)C. The fourth-order valence-corrected chi connectivity index (χ4v) is 1.68. The lowest BCUT2D eigenvalue weighted by Crippen LogP contribution is -2.24. The van der Waals surface area contributed by atoms with Crippen molar-refractivity contribution in [3.8, 4) is 0 Å². The van der Waals surface area contributed by atoms with Gasteiger partial charge in [0.2, 0.25) is 0 Å². The highest BCUT2D eigenvalue weighted by atomic mass is 14.9. The molecule has 15 heavy (non-hydrogen) atoms. The Morgan fingerprint density at radius 3 is 2.33 bits per heavy atom. The van der Waals surface area contributed by atoms with Crippen LogP contribution in [0.4, 0.5) is 0 Å². The molecule has 0 saturated heterocycles. The van der Waals surface area contributed by atoms with Gasteiger partial charge < -0.3 is 5.32 Å². The Bertz CT molecular complexity index is 168. The topological polar surface area (TPSA) is 12.0 Å². The zero-order valence-corrected chi connectivity index (χ0v) is 11.3. The monoisotopic (exact) mass is 211 g/mol. The summed E-state index contributed by atoms with van der Waals surface area (Å²) in [4.78, 5) is 0. The molecule has 0 aliphatic rings. The summed E-state index contributed by atoms with van der Waals surface area (Å²) in [6, 6.07) is 0.608. The van der Waals surface area contributed by atoms with Crippen molar-refractivity contribution < 1.29 is 0 Å². The van der Waals surface area contributed by atoms with E-state index >= 15 is 0 Å². The van der Waals surface area contributed by atoms with E-state index in [4.69, 9.17) is 0 Å². The summed E-state index contributed by atoms with van der Waals surface area (Å²) in [7, 11) is 0. The van der Waals surface area contributed by atoms with Gasteiger partial charge in [0.1, 0.15) is 0 Å². The minimum atomic E-state index is 0.608. The van der Waals surface area contributed by atoms with Crippen molar-refractivity contribution in [3.05, 3.63) is 11.6 Å². The lowest BCUT2D eigenvalue weighted by atomic mass is 9.99. The largest absolute Gasteiger partial charge is 0.314 e. The van der Waals surface area contributed by atoms with Crippen LogP contribution in [0.1, 0.15) is 60.3 Å². The van der Waals surface area contributed by atoms with Gasteiger partial charge >= 0.3 is 0 Å².